The van der Waals surface area contributed by atoms with Crippen LogP contribution in [-0.4, -0.2) is 162 Å². The van der Waals surface area contributed by atoms with Crippen LogP contribution in [-0.2, 0) is 45.2 Å². The van der Waals surface area contributed by atoms with Crippen molar-refractivity contribution in [3.05, 3.63) is 194 Å². The van der Waals surface area contributed by atoms with Crippen molar-refractivity contribution in [3.8, 4) is 18.0 Å². The van der Waals surface area contributed by atoms with Crippen molar-refractivity contribution in [2.45, 2.75) is 125 Å². The Morgan fingerprint density at radius 2 is 0.708 bits per heavy atom. The molecule has 0 spiro atoms. The van der Waals surface area contributed by atoms with Crippen molar-refractivity contribution >= 4 is 123 Å². The summed E-state index contributed by atoms with van der Waals surface area (Å²) >= 11 is 18.0. The van der Waals surface area contributed by atoms with E-state index in [4.69, 9.17) is 69.3 Å². The maximum absolute atomic E-state index is 12.9. The molecule has 43 heteroatoms. The molecule has 2 amide bonds. The van der Waals surface area contributed by atoms with E-state index in [1.54, 1.807) is 57.2 Å². The van der Waals surface area contributed by atoms with E-state index < -0.39 is 126 Å². The van der Waals surface area contributed by atoms with E-state index >= 15 is 0 Å². The minimum atomic E-state index is -4.62. The number of methoxy groups -OCH3 is 2. The predicted octanol–water partition coefficient (Wildman–Crippen LogP) is 14.3. The summed E-state index contributed by atoms with van der Waals surface area (Å²) < 4.78 is 144. The van der Waals surface area contributed by atoms with Gasteiger partial charge in [-0.1, -0.05) is 71.2 Å². The number of anilines is 9. The van der Waals surface area contributed by atoms with Crippen molar-refractivity contribution in [2.24, 2.45) is 5.73 Å². The summed E-state index contributed by atoms with van der Waals surface area (Å²) in [5.74, 6) is -4.44. The van der Waals surface area contributed by atoms with Crippen LogP contribution in [0.1, 0.15) is 120 Å². The minimum Gasteiger partial charge on any atom is -0.478 e. The Labute approximate surface area is 692 Å². The number of carboxylic acids is 1. The third-order valence-electron chi connectivity index (χ3n) is 17.5. The summed E-state index contributed by atoms with van der Waals surface area (Å²) in [6.07, 6.45) is -9.49. The number of carboxylic acid groups (broad SMARTS) is 1. The van der Waals surface area contributed by atoms with Crippen LogP contribution in [0.15, 0.2) is 146 Å². The molecular formula is C77H76Cl3F9N18O13. The number of carbonyl (C=O) groups excluding carboxylic acids is 5. The third-order valence-corrected chi connectivity index (χ3v) is 18.3. The van der Waals surface area contributed by atoms with E-state index in [1.165, 1.54) is 87.0 Å². The lowest BCUT2D eigenvalue weighted by Crippen LogP contribution is -2.46. The number of nitrogens with zero attached hydrogens (tertiary/aromatic N) is 9. The topological polar surface area (TPSA) is 416 Å². The first-order chi connectivity index (χ1) is 56.7. The molecule has 0 radical (unpaired) electrons. The SMILES string of the molecule is COC(=O)[C@H](CCC(=O)OC(C)(C)C)NC(=O)c1ccc(Nc2nc(NC3(c4ccc(Cl)cc4)CC3)nc(OCC(F)(F)F)n2)cc1.COC(=O)[C@H](CN)NC(=O)c1ccc(Nc2nc(NC3(c4ccc(Cl)cc4)CC3)nc(OCC(F)(F)F)n2)cc1.O=C(O)c1ccc(Nc2nc(NC3(c4ccc(Cl)cc4)CC3)nc(OCC(F)(F)F)n2)cc1. The summed E-state index contributed by atoms with van der Waals surface area (Å²) in [7, 11) is 2.35. The monoisotopic (exact) mass is 1740 g/mol. The first-order valence-corrected chi connectivity index (χ1v) is 37.3. The lowest BCUT2D eigenvalue weighted by Gasteiger charge is -2.21. The van der Waals surface area contributed by atoms with Gasteiger partial charge >= 0.3 is 60.4 Å². The van der Waals surface area contributed by atoms with Crippen molar-refractivity contribution in [1.82, 2.24) is 55.5 Å². The Morgan fingerprint density at radius 1 is 0.425 bits per heavy atom. The number of carbonyl (C=O) groups is 6. The highest BCUT2D eigenvalue weighted by Gasteiger charge is 2.48. The van der Waals surface area contributed by atoms with Crippen LogP contribution >= 0.6 is 34.8 Å². The third kappa shape index (κ3) is 27.3. The number of hydrogen-bond acceptors (Lipinski definition) is 28. The molecule has 0 bridgehead atoms. The number of aromatic nitrogens is 9. The second-order valence-corrected chi connectivity index (χ2v) is 29.3. The standard InChI is InChI=1S/C31H34ClF3N6O6.C25H25ClF3N7O4.C21H17ClF3N5O3/c1-29(2,3)47-23(42)14-13-22(25(44)45-4)37-24(43)18-5-11-21(12-6-18)36-26-38-27(40-28(39-26)46-17-31(33,34)35)41-30(15-16-30)19-7-9-20(32)10-8-19;1-39-20(38)18(12-30)32-19(37)14-2-8-17(9-3-14)31-21-33-22(35-23(34-21)40-13-25(27,28)29)36-24(10-11-24)15-4-6-16(26)7-5-15;22-14-5-3-13(4-6-14)20(9-10-20)30-18-27-17(28-19(29-18)33-11-21(23,24)25)26-15-7-1-12(2-8-15)16(31)32/h5-12,22H,13-17H2,1-4H3,(H,37,43)(H2,36,38,39,40,41);2-9,18H,10-13,30H2,1H3,(H,32,37)(H2,31,33,34,35,36);1-8H,9-11H2,(H,31,32)(H2,26,27,28,29,30)/t22-;18-;/m00./s1. The highest BCUT2D eigenvalue weighted by atomic mass is 35.5. The van der Waals surface area contributed by atoms with Gasteiger partial charge in [-0.05, 0) is 192 Å². The number of nitrogens with two attached hydrogens (primary N) is 1. The summed E-state index contributed by atoms with van der Waals surface area (Å²) in [6.45, 7) is 0.243. The Balaban J connectivity index is 0.000000192. The highest BCUT2D eigenvalue weighted by molar-refractivity contribution is 6.31. The fourth-order valence-corrected chi connectivity index (χ4v) is 11.6. The van der Waals surface area contributed by atoms with Gasteiger partial charge in [0.25, 0.3) is 11.8 Å². The number of alkyl halides is 9. The van der Waals surface area contributed by atoms with E-state index in [9.17, 15) is 68.3 Å². The molecule has 636 valence electrons. The largest absolute Gasteiger partial charge is 0.478 e. The molecule has 2 atom stereocenters. The number of hydrogen-bond donors (Lipinski definition) is 10. The van der Waals surface area contributed by atoms with E-state index in [2.05, 4.69) is 92.1 Å². The molecule has 9 aromatic rings. The van der Waals surface area contributed by atoms with Crippen LogP contribution < -0.4 is 62.5 Å². The first kappa shape index (κ1) is 89.9. The summed E-state index contributed by atoms with van der Waals surface area (Å²) in [4.78, 5) is 109. The normalized spacial score (nSPS) is 14.4. The second-order valence-electron chi connectivity index (χ2n) is 28.0. The van der Waals surface area contributed by atoms with Crippen LogP contribution in [0.3, 0.4) is 0 Å². The first-order valence-electron chi connectivity index (χ1n) is 36.2. The average Bonchev–Trinajstić information content (AvgIpc) is 1.62. The molecule has 6 aromatic carbocycles. The maximum atomic E-state index is 12.9. The van der Waals surface area contributed by atoms with Crippen LogP contribution in [0.5, 0.6) is 18.0 Å². The van der Waals surface area contributed by atoms with E-state index in [0.29, 0.717) is 32.1 Å². The van der Waals surface area contributed by atoms with Crippen molar-refractivity contribution in [3.63, 3.8) is 0 Å². The van der Waals surface area contributed by atoms with E-state index in [1.807, 2.05) is 36.4 Å². The fraction of sp³-hybridized carbons (Fsp3) is 0.338. The Morgan fingerprint density at radius 3 is 0.975 bits per heavy atom. The number of ether oxygens (including phenoxy) is 6. The minimum absolute atomic E-state index is 0.00811. The van der Waals surface area contributed by atoms with Gasteiger partial charge in [-0.3, -0.25) is 14.4 Å². The lowest BCUT2D eigenvalue weighted by molar-refractivity contribution is -0.156. The van der Waals surface area contributed by atoms with Crippen LogP contribution in [0, 0.1) is 0 Å². The van der Waals surface area contributed by atoms with Gasteiger partial charge in [0.2, 0.25) is 35.7 Å². The van der Waals surface area contributed by atoms with Crippen molar-refractivity contribution in [2.75, 3.05) is 72.5 Å². The van der Waals surface area contributed by atoms with Gasteiger partial charge in [-0.25, -0.2) is 14.4 Å². The van der Waals surface area contributed by atoms with Gasteiger partial charge < -0.3 is 81.8 Å². The Kier molecular flexibility index (Phi) is 28.9. The zero-order chi connectivity index (χ0) is 87.0. The van der Waals surface area contributed by atoms with Gasteiger partial charge in [0.05, 0.1) is 36.4 Å². The smallest absolute Gasteiger partial charge is 0.422 e. The van der Waals surface area contributed by atoms with Gasteiger partial charge in [-0.2, -0.15) is 84.4 Å². The number of amides is 2. The number of esters is 3. The second kappa shape index (κ2) is 38.5. The molecule has 3 saturated carbocycles. The molecule has 3 aliphatic rings. The molecule has 120 heavy (non-hydrogen) atoms. The number of halogens is 12. The van der Waals surface area contributed by atoms with Crippen molar-refractivity contribution in [1.29, 1.82) is 0 Å². The zero-order valence-corrected chi connectivity index (χ0v) is 66.2. The molecule has 3 aromatic heterocycles. The van der Waals surface area contributed by atoms with Crippen LogP contribution in [0.4, 0.5) is 92.3 Å². The number of aromatic carboxylic acids is 1. The summed E-state index contributed by atoms with van der Waals surface area (Å²) in [5.41, 5.74) is 7.74. The van der Waals surface area contributed by atoms with E-state index in [0.717, 1.165) is 55.2 Å². The molecule has 12 rings (SSSR count). The highest BCUT2D eigenvalue weighted by Crippen LogP contribution is 2.51. The molecule has 0 aliphatic heterocycles. The molecule has 0 saturated heterocycles. The summed E-state index contributed by atoms with van der Waals surface area (Å²) in [6, 6.07) is 35.4. The molecule has 3 aliphatic carbocycles. The number of rotatable bonds is 32. The number of benzene rings is 6. The Hall–Kier alpha value is -12.4. The fourth-order valence-electron chi connectivity index (χ4n) is 11.2. The average molecular weight is 1740 g/mol. The molecule has 0 unspecified atom stereocenters. The van der Waals surface area contributed by atoms with Gasteiger partial charge in [0.15, 0.2) is 19.8 Å². The molecule has 11 N–H and O–H groups in total. The zero-order valence-electron chi connectivity index (χ0n) is 64.0. The van der Waals surface area contributed by atoms with Crippen LogP contribution in [0.25, 0.3) is 0 Å². The molecular weight excluding hydrogens is 1660 g/mol. The van der Waals surface area contributed by atoms with Gasteiger partial charge in [0, 0.05) is 56.2 Å². The quantitative estimate of drug-likeness (QED) is 0.0106. The van der Waals surface area contributed by atoms with Crippen molar-refractivity contribution < 1.29 is 102 Å². The predicted molar refractivity (Wildman–Crippen MR) is 419 cm³/mol. The Bertz CT molecular complexity index is 5080. The lowest BCUT2D eigenvalue weighted by atomic mass is 10.1. The molecule has 31 nitrogen and oxygen atoms in total. The number of nitrogens with one attached hydrogen (secondary N) is 8. The molecule has 3 heterocycles. The van der Waals surface area contributed by atoms with Gasteiger partial charge in [0.1, 0.15) is 17.7 Å². The maximum Gasteiger partial charge on any atom is 0.422 e. The summed E-state index contributed by atoms with van der Waals surface area (Å²) in [5, 5.41) is 33.9. The van der Waals surface area contributed by atoms with Gasteiger partial charge in [-0.15, -0.1) is 0 Å². The molecule has 3 fully saturated rings. The van der Waals surface area contributed by atoms with E-state index in [-0.39, 0.29) is 71.8 Å². The van der Waals surface area contributed by atoms with Crippen LogP contribution in [0.2, 0.25) is 15.1 Å².